The minimum atomic E-state index is -0.0744. The summed E-state index contributed by atoms with van der Waals surface area (Å²) in [7, 11) is 1.62. The van der Waals surface area contributed by atoms with Gasteiger partial charge in [-0.15, -0.1) is 0 Å². The van der Waals surface area contributed by atoms with Crippen molar-refractivity contribution in [3.05, 3.63) is 28.8 Å². The minimum Gasteiger partial charge on any atom is -0.383 e. The fraction of sp³-hybridized carbons (Fsp3) is 0.611. The summed E-state index contributed by atoms with van der Waals surface area (Å²) in [5, 5.41) is 0. The van der Waals surface area contributed by atoms with Gasteiger partial charge < -0.3 is 9.64 Å². The van der Waals surface area contributed by atoms with Gasteiger partial charge in [0.25, 0.3) is 0 Å². The number of pyridine rings is 1. The Balaban J connectivity index is 1.99. The largest absolute Gasteiger partial charge is 0.383 e. The van der Waals surface area contributed by atoms with Gasteiger partial charge in [-0.2, -0.15) is 0 Å². The van der Waals surface area contributed by atoms with Gasteiger partial charge in [0.2, 0.25) is 5.91 Å². The molecule has 1 atom stereocenters. The number of methoxy groups -OCH3 is 1. The number of hydrogen-bond acceptors (Lipinski definition) is 4. The van der Waals surface area contributed by atoms with E-state index in [1.807, 2.05) is 30.9 Å². The number of amides is 1. The van der Waals surface area contributed by atoms with Gasteiger partial charge in [-0.1, -0.05) is 13.8 Å². The minimum absolute atomic E-state index is 0.0309. The normalized spacial score (nSPS) is 18.2. The fourth-order valence-electron chi connectivity index (χ4n) is 3.57. The number of carbonyl (C=O) groups excluding carboxylic acids is 1. The molecule has 0 aromatic carbocycles. The summed E-state index contributed by atoms with van der Waals surface area (Å²) in [5.41, 5.74) is 1.43. The Morgan fingerprint density at radius 1 is 1.44 bits per heavy atom. The van der Waals surface area contributed by atoms with Crippen molar-refractivity contribution in [1.29, 1.82) is 0 Å². The number of ether oxygens (including phenoxy) is 1. The maximum absolute atomic E-state index is 13.0. The molecular formula is C18H26N4O3. The van der Waals surface area contributed by atoms with Crippen LogP contribution in [0.5, 0.6) is 0 Å². The highest BCUT2D eigenvalue weighted by Gasteiger charge is 2.29. The molecule has 7 nitrogen and oxygen atoms in total. The van der Waals surface area contributed by atoms with Crippen molar-refractivity contribution in [3.63, 3.8) is 0 Å². The zero-order chi connectivity index (χ0) is 18.0. The molecule has 1 aliphatic rings. The molecule has 1 fully saturated rings. The van der Waals surface area contributed by atoms with Crippen molar-refractivity contribution >= 4 is 17.1 Å². The third-order valence-corrected chi connectivity index (χ3v) is 4.81. The highest BCUT2D eigenvalue weighted by molar-refractivity contribution is 5.78. The van der Waals surface area contributed by atoms with Crippen LogP contribution in [0.1, 0.15) is 32.7 Å². The summed E-state index contributed by atoms with van der Waals surface area (Å²) in [6.45, 7) is 6.11. The number of nitrogens with zero attached hydrogens (tertiary/aromatic N) is 4. The molecule has 1 amide bonds. The number of hydrogen-bond donors (Lipinski definition) is 0. The first-order valence-corrected chi connectivity index (χ1v) is 8.88. The average Bonchev–Trinajstić information content (AvgIpc) is 2.90. The standard InChI is InChI=1S/C18H26N4O3/c1-13(2)17(23)20-9-5-6-14(12-20)22-16-15(7-4-8-19-16)21(18(22)24)10-11-25-3/h4,7-8,13-14H,5-6,9-12H2,1-3H3/t14-/m0/s1. The van der Waals surface area contributed by atoms with Gasteiger partial charge in [-0.05, 0) is 25.0 Å². The van der Waals surface area contributed by atoms with E-state index in [9.17, 15) is 9.59 Å². The Labute approximate surface area is 147 Å². The molecule has 2 aromatic heterocycles. The number of piperidine rings is 1. The first kappa shape index (κ1) is 17.7. The topological polar surface area (TPSA) is 69.4 Å². The van der Waals surface area contributed by atoms with Gasteiger partial charge >= 0.3 is 5.69 Å². The number of rotatable bonds is 5. The maximum atomic E-state index is 13.0. The van der Waals surface area contributed by atoms with Crippen LogP contribution in [-0.2, 0) is 16.1 Å². The lowest BCUT2D eigenvalue weighted by Crippen LogP contribution is -2.44. The van der Waals surface area contributed by atoms with E-state index in [0.29, 0.717) is 25.3 Å². The van der Waals surface area contributed by atoms with Crippen LogP contribution in [0.3, 0.4) is 0 Å². The van der Waals surface area contributed by atoms with Crippen LogP contribution < -0.4 is 5.69 Å². The number of aromatic nitrogens is 3. The first-order valence-electron chi connectivity index (χ1n) is 8.88. The summed E-state index contributed by atoms with van der Waals surface area (Å²) in [6, 6.07) is 3.71. The Kier molecular flexibility index (Phi) is 5.22. The number of imidazole rings is 1. The van der Waals surface area contributed by atoms with E-state index in [2.05, 4.69) is 4.98 Å². The van der Waals surface area contributed by atoms with Crippen LogP contribution >= 0.6 is 0 Å². The lowest BCUT2D eigenvalue weighted by Gasteiger charge is -2.34. The van der Waals surface area contributed by atoms with Gasteiger partial charge in [-0.3, -0.25) is 13.9 Å². The Morgan fingerprint density at radius 2 is 2.24 bits per heavy atom. The van der Waals surface area contributed by atoms with Crippen molar-refractivity contribution in [2.45, 2.75) is 39.3 Å². The summed E-state index contributed by atoms with van der Waals surface area (Å²) >= 11 is 0. The van der Waals surface area contributed by atoms with Gasteiger partial charge in [0.15, 0.2) is 5.65 Å². The molecule has 0 N–H and O–H groups in total. The van der Waals surface area contributed by atoms with Crippen molar-refractivity contribution < 1.29 is 9.53 Å². The molecule has 136 valence electrons. The Hall–Kier alpha value is -2.15. The molecule has 1 aliphatic heterocycles. The predicted molar refractivity (Wildman–Crippen MR) is 95.6 cm³/mol. The molecular weight excluding hydrogens is 320 g/mol. The fourth-order valence-corrected chi connectivity index (χ4v) is 3.57. The van der Waals surface area contributed by atoms with Crippen LogP contribution in [0.25, 0.3) is 11.2 Å². The highest BCUT2D eigenvalue weighted by atomic mass is 16.5. The second-order valence-corrected chi connectivity index (χ2v) is 6.88. The monoisotopic (exact) mass is 346 g/mol. The smallest absolute Gasteiger partial charge is 0.330 e. The Morgan fingerprint density at radius 3 is 2.96 bits per heavy atom. The molecule has 3 rings (SSSR count). The second-order valence-electron chi connectivity index (χ2n) is 6.88. The summed E-state index contributed by atoms with van der Waals surface area (Å²) in [6.07, 6.45) is 3.48. The van der Waals surface area contributed by atoms with Crippen LogP contribution in [0.2, 0.25) is 0 Å². The van der Waals surface area contributed by atoms with Crippen molar-refractivity contribution in [3.8, 4) is 0 Å². The molecule has 0 aliphatic carbocycles. The molecule has 7 heteroatoms. The lowest BCUT2D eigenvalue weighted by molar-refractivity contribution is -0.136. The SMILES string of the molecule is COCCn1c(=O)n([C@H]2CCCN(C(=O)C(C)C)C2)c2ncccc21. The summed E-state index contributed by atoms with van der Waals surface area (Å²) in [5.74, 6) is 0.116. The van der Waals surface area contributed by atoms with E-state index in [-0.39, 0.29) is 23.6 Å². The zero-order valence-corrected chi connectivity index (χ0v) is 15.1. The van der Waals surface area contributed by atoms with E-state index >= 15 is 0 Å². The summed E-state index contributed by atoms with van der Waals surface area (Å²) < 4.78 is 8.62. The van der Waals surface area contributed by atoms with Crippen molar-refractivity contribution in [1.82, 2.24) is 19.0 Å². The predicted octanol–water partition coefficient (Wildman–Crippen LogP) is 1.66. The second kappa shape index (κ2) is 7.39. The molecule has 3 heterocycles. The molecule has 25 heavy (non-hydrogen) atoms. The third-order valence-electron chi connectivity index (χ3n) is 4.81. The molecule has 0 spiro atoms. The van der Waals surface area contributed by atoms with Gasteiger partial charge in [-0.25, -0.2) is 9.78 Å². The van der Waals surface area contributed by atoms with Gasteiger partial charge in [0.05, 0.1) is 24.7 Å². The molecule has 0 unspecified atom stereocenters. The number of carbonyl (C=O) groups is 1. The quantitative estimate of drug-likeness (QED) is 0.826. The van der Waals surface area contributed by atoms with Crippen LogP contribution in [0.4, 0.5) is 0 Å². The van der Waals surface area contributed by atoms with Crippen molar-refractivity contribution in [2.24, 2.45) is 5.92 Å². The Bertz CT molecular complexity index is 808. The van der Waals surface area contributed by atoms with E-state index in [4.69, 9.17) is 4.74 Å². The third kappa shape index (κ3) is 3.33. The molecule has 2 aromatic rings. The highest BCUT2D eigenvalue weighted by Crippen LogP contribution is 2.25. The maximum Gasteiger partial charge on any atom is 0.330 e. The number of fused-ring (bicyclic) bond motifs is 1. The van der Waals surface area contributed by atoms with E-state index in [1.165, 1.54) is 0 Å². The molecule has 0 saturated carbocycles. The van der Waals surface area contributed by atoms with E-state index in [1.54, 1.807) is 22.4 Å². The van der Waals surface area contributed by atoms with Gasteiger partial charge in [0.1, 0.15) is 0 Å². The van der Waals surface area contributed by atoms with Crippen LogP contribution in [0.15, 0.2) is 23.1 Å². The number of likely N-dealkylation sites (tertiary alicyclic amines) is 1. The van der Waals surface area contributed by atoms with Crippen molar-refractivity contribution in [2.75, 3.05) is 26.8 Å². The molecule has 0 radical (unpaired) electrons. The van der Waals surface area contributed by atoms with E-state index in [0.717, 1.165) is 24.9 Å². The van der Waals surface area contributed by atoms with Crippen LogP contribution in [-0.4, -0.2) is 51.7 Å². The van der Waals surface area contributed by atoms with Gasteiger partial charge in [0, 0.05) is 32.3 Å². The lowest BCUT2D eigenvalue weighted by atomic mass is 10.0. The molecule has 1 saturated heterocycles. The first-order chi connectivity index (χ1) is 12.0. The molecule has 0 bridgehead atoms. The summed E-state index contributed by atoms with van der Waals surface area (Å²) in [4.78, 5) is 31.7. The van der Waals surface area contributed by atoms with E-state index < -0.39 is 0 Å². The van der Waals surface area contributed by atoms with Crippen LogP contribution in [0, 0.1) is 5.92 Å². The average molecular weight is 346 g/mol. The zero-order valence-electron chi connectivity index (χ0n) is 15.1.